The number of nitrogens with one attached hydrogen (secondary N) is 1. The highest BCUT2D eigenvalue weighted by Crippen LogP contribution is 2.31. The van der Waals surface area contributed by atoms with Crippen molar-refractivity contribution in [3.05, 3.63) is 71.4 Å². The van der Waals surface area contributed by atoms with E-state index in [4.69, 9.17) is 4.42 Å². The molecule has 0 saturated heterocycles. The van der Waals surface area contributed by atoms with Gasteiger partial charge in [-0.1, -0.05) is 30.3 Å². The molecule has 20 heavy (non-hydrogen) atoms. The number of aliphatic hydroxyl groups is 1. The quantitative estimate of drug-likeness (QED) is 0.837. The van der Waals surface area contributed by atoms with Gasteiger partial charge in [-0.2, -0.15) is 0 Å². The van der Waals surface area contributed by atoms with E-state index in [1.165, 1.54) is 12.3 Å². The Morgan fingerprint density at radius 3 is 2.55 bits per heavy atom. The van der Waals surface area contributed by atoms with Crippen molar-refractivity contribution in [2.75, 3.05) is 0 Å². The third-order valence-corrected chi connectivity index (χ3v) is 3.16. The Labute approximate surface area is 114 Å². The Balaban J connectivity index is 2.05. The van der Waals surface area contributed by atoms with Crippen LogP contribution in [0, 0.1) is 0 Å². The summed E-state index contributed by atoms with van der Waals surface area (Å²) in [6.45, 7) is 0. The molecule has 1 aromatic heterocycles. The van der Waals surface area contributed by atoms with E-state index in [-0.39, 0.29) is 11.3 Å². The van der Waals surface area contributed by atoms with Crippen LogP contribution in [0.25, 0.3) is 0 Å². The molecule has 2 N–H and O–H groups in total. The van der Waals surface area contributed by atoms with Crippen LogP contribution < -0.4 is 5.32 Å². The summed E-state index contributed by atoms with van der Waals surface area (Å²) in [6, 6.07) is 11.4. The van der Waals surface area contributed by atoms with Gasteiger partial charge in [-0.3, -0.25) is 9.59 Å². The lowest BCUT2D eigenvalue weighted by Crippen LogP contribution is -2.23. The number of ketones is 1. The zero-order valence-corrected chi connectivity index (χ0v) is 10.4. The molecule has 0 saturated carbocycles. The van der Waals surface area contributed by atoms with Crippen LogP contribution in [0.5, 0.6) is 0 Å². The molecular weight excluding hydrogens is 258 g/mol. The zero-order chi connectivity index (χ0) is 14.1. The number of carbonyl (C=O) groups is 2. The van der Waals surface area contributed by atoms with E-state index in [1.54, 1.807) is 30.3 Å². The average Bonchev–Trinajstić information content (AvgIpc) is 3.09. The van der Waals surface area contributed by atoms with E-state index >= 15 is 0 Å². The van der Waals surface area contributed by atoms with Crippen molar-refractivity contribution >= 4 is 11.7 Å². The Hall–Kier alpha value is -2.82. The molecule has 1 amide bonds. The lowest BCUT2D eigenvalue weighted by atomic mass is 9.96. The van der Waals surface area contributed by atoms with Crippen molar-refractivity contribution in [3.8, 4) is 0 Å². The van der Waals surface area contributed by atoms with Crippen molar-refractivity contribution in [1.82, 2.24) is 5.32 Å². The second-order valence-electron chi connectivity index (χ2n) is 4.39. The minimum absolute atomic E-state index is 0.0103. The number of rotatable bonds is 3. The van der Waals surface area contributed by atoms with Gasteiger partial charge in [0.2, 0.25) is 5.78 Å². The van der Waals surface area contributed by atoms with E-state index < -0.39 is 23.5 Å². The summed E-state index contributed by atoms with van der Waals surface area (Å²) >= 11 is 0. The Morgan fingerprint density at radius 2 is 1.90 bits per heavy atom. The number of carbonyl (C=O) groups excluding carboxylic acids is 2. The highest BCUT2D eigenvalue weighted by molar-refractivity contribution is 6.14. The van der Waals surface area contributed by atoms with Crippen LogP contribution in [0.1, 0.15) is 22.2 Å². The lowest BCUT2D eigenvalue weighted by Gasteiger charge is -2.13. The van der Waals surface area contributed by atoms with Gasteiger partial charge in [0.1, 0.15) is 0 Å². The van der Waals surface area contributed by atoms with Crippen molar-refractivity contribution in [1.29, 1.82) is 0 Å². The standard InChI is InChI=1S/C15H11NO4/c17-13(10-7-4-8-20-10)11-12(16-15(19)14(11)18)9-5-2-1-3-6-9/h1-8,12,18H,(H,16,19). The molecule has 0 spiro atoms. The van der Waals surface area contributed by atoms with Crippen LogP contribution in [0.3, 0.4) is 0 Å². The third kappa shape index (κ3) is 1.89. The summed E-state index contributed by atoms with van der Waals surface area (Å²) in [6.07, 6.45) is 1.37. The first-order valence-electron chi connectivity index (χ1n) is 6.05. The predicted octanol–water partition coefficient (Wildman–Crippen LogP) is 2.15. The lowest BCUT2D eigenvalue weighted by molar-refractivity contribution is -0.119. The first-order chi connectivity index (χ1) is 9.68. The van der Waals surface area contributed by atoms with Gasteiger partial charge in [-0.05, 0) is 17.7 Å². The van der Waals surface area contributed by atoms with Gasteiger partial charge in [-0.15, -0.1) is 0 Å². The molecule has 1 aromatic carbocycles. The molecule has 2 aromatic rings. The average molecular weight is 269 g/mol. The van der Waals surface area contributed by atoms with Crippen LogP contribution in [-0.4, -0.2) is 16.8 Å². The number of hydrogen-bond acceptors (Lipinski definition) is 4. The molecule has 0 fully saturated rings. The molecule has 0 radical (unpaired) electrons. The highest BCUT2D eigenvalue weighted by Gasteiger charge is 2.38. The van der Waals surface area contributed by atoms with Crippen LogP contribution in [0.15, 0.2) is 64.5 Å². The molecule has 5 nitrogen and oxygen atoms in total. The van der Waals surface area contributed by atoms with Gasteiger partial charge in [-0.25, -0.2) is 0 Å². The number of benzene rings is 1. The minimum atomic E-state index is -0.665. The maximum atomic E-state index is 12.3. The molecule has 2 heterocycles. The SMILES string of the molecule is O=C1NC(c2ccccc2)C(C(=O)c2ccco2)=C1O. The zero-order valence-electron chi connectivity index (χ0n) is 10.4. The largest absolute Gasteiger partial charge is 0.503 e. The van der Waals surface area contributed by atoms with Gasteiger partial charge >= 0.3 is 0 Å². The number of amides is 1. The van der Waals surface area contributed by atoms with Gasteiger partial charge in [0.25, 0.3) is 5.91 Å². The molecule has 5 heteroatoms. The van der Waals surface area contributed by atoms with Gasteiger partial charge in [0.15, 0.2) is 11.5 Å². The Kier molecular flexibility index (Phi) is 2.87. The van der Waals surface area contributed by atoms with Gasteiger partial charge in [0.05, 0.1) is 17.9 Å². The third-order valence-electron chi connectivity index (χ3n) is 3.16. The highest BCUT2D eigenvalue weighted by atomic mass is 16.3. The monoisotopic (exact) mass is 269 g/mol. The molecule has 1 atom stereocenters. The molecule has 1 aliphatic rings. The van der Waals surface area contributed by atoms with Crippen molar-refractivity contribution in [3.63, 3.8) is 0 Å². The van der Waals surface area contributed by atoms with E-state index in [0.29, 0.717) is 0 Å². The summed E-state index contributed by atoms with van der Waals surface area (Å²) in [4.78, 5) is 24.0. The first-order valence-corrected chi connectivity index (χ1v) is 6.05. The maximum absolute atomic E-state index is 12.3. The summed E-state index contributed by atoms with van der Waals surface area (Å²) in [5, 5.41) is 12.5. The molecule has 1 unspecified atom stereocenters. The smallest absolute Gasteiger partial charge is 0.287 e. The summed E-state index contributed by atoms with van der Waals surface area (Å²) in [7, 11) is 0. The first kappa shape index (κ1) is 12.2. The summed E-state index contributed by atoms with van der Waals surface area (Å²) in [5.41, 5.74) is 0.732. The fourth-order valence-electron chi connectivity index (χ4n) is 2.21. The molecule has 100 valence electrons. The fraction of sp³-hybridized carbons (Fsp3) is 0.0667. The van der Waals surface area contributed by atoms with E-state index in [0.717, 1.165) is 5.56 Å². The van der Waals surface area contributed by atoms with Crippen LogP contribution in [0.4, 0.5) is 0 Å². The molecule has 1 aliphatic heterocycles. The molecule has 0 aliphatic carbocycles. The predicted molar refractivity (Wildman–Crippen MR) is 70.0 cm³/mol. The van der Waals surface area contributed by atoms with E-state index in [1.807, 2.05) is 6.07 Å². The second kappa shape index (κ2) is 4.70. The normalized spacial score (nSPS) is 18.2. The van der Waals surface area contributed by atoms with Gasteiger partial charge < -0.3 is 14.8 Å². The number of Topliss-reactive ketones (excluding diaryl/α,β-unsaturated/α-hetero) is 1. The number of hydrogen-bond donors (Lipinski definition) is 2. The topological polar surface area (TPSA) is 79.5 Å². The maximum Gasteiger partial charge on any atom is 0.287 e. The summed E-state index contributed by atoms with van der Waals surface area (Å²) < 4.78 is 5.04. The minimum Gasteiger partial charge on any atom is -0.503 e. The molecular formula is C15H11NO4. The van der Waals surface area contributed by atoms with Crippen molar-refractivity contribution < 1.29 is 19.1 Å². The molecule has 0 bridgehead atoms. The van der Waals surface area contributed by atoms with Gasteiger partial charge in [0, 0.05) is 0 Å². The Morgan fingerprint density at radius 1 is 1.15 bits per heavy atom. The van der Waals surface area contributed by atoms with Crippen molar-refractivity contribution in [2.45, 2.75) is 6.04 Å². The second-order valence-corrected chi connectivity index (χ2v) is 4.39. The van der Waals surface area contributed by atoms with Crippen LogP contribution in [-0.2, 0) is 4.79 Å². The number of aliphatic hydroxyl groups excluding tert-OH is 1. The molecule has 3 rings (SSSR count). The fourth-order valence-corrected chi connectivity index (χ4v) is 2.21. The summed E-state index contributed by atoms with van der Waals surface area (Å²) in [5.74, 6) is -1.63. The van der Waals surface area contributed by atoms with Crippen LogP contribution in [0.2, 0.25) is 0 Å². The number of furan rings is 1. The van der Waals surface area contributed by atoms with E-state index in [2.05, 4.69) is 5.32 Å². The van der Waals surface area contributed by atoms with Crippen LogP contribution >= 0.6 is 0 Å². The Bertz CT molecular complexity index is 686. The van der Waals surface area contributed by atoms with Crippen molar-refractivity contribution in [2.24, 2.45) is 0 Å². The van der Waals surface area contributed by atoms with E-state index in [9.17, 15) is 14.7 Å².